The summed E-state index contributed by atoms with van der Waals surface area (Å²) in [6.07, 6.45) is 0.845. The first-order valence-corrected chi connectivity index (χ1v) is 6.89. The Hall–Kier alpha value is -1.00. The van der Waals surface area contributed by atoms with Crippen LogP contribution in [0, 0.1) is 0 Å². The second kappa shape index (κ2) is 4.00. The molecule has 0 aromatic heterocycles. The lowest BCUT2D eigenvalue weighted by atomic mass is 9.90. The lowest BCUT2D eigenvalue weighted by Crippen LogP contribution is -2.64. The third-order valence-electron chi connectivity index (χ3n) is 3.70. The van der Waals surface area contributed by atoms with E-state index in [1.807, 2.05) is 18.2 Å². The van der Waals surface area contributed by atoms with Gasteiger partial charge in [0.15, 0.2) is 10.8 Å². The van der Waals surface area contributed by atoms with Crippen molar-refractivity contribution in [3.8, 4) is 5.75 Å². The van der Waals surface area contributed by atoms with E-state index in [-0.39, 0.29) is 11.8 Å². The molecule has 2 bridgehead atoms. The van der Waals surface area contributed by atoms with Crippen molar-refractivity contribution in [2.75, 3.05) is 6.54 Å². The highest BCUT2D eigenvalue weighted by Gasteiger charge is 2.47. The van der Waals surface area contributed by atoms with Crippen LogP contribution in [0.15, 0.2) is 18.2 Å². The van der Waals surface area contributed by atoms with Crippen molar-refractivity contribution < 1.29 is 4.74 Å². The summed E-state index contributed by atoms with van der Waals surface area (Å²) in [4.78, 5) is 2.09. The Balaban J connectivity index is 2.11. The van der Waals surface area contributed by atoms with Gasteiger partial charge in [0.25, 0.3) is 0 Å². The highest BCUT2D eigenvalue weighted by Crippen LogP contribution is 2.46. The number of benzene rings is 1. The summed E-state index contributed by atoms with van der Waals surface area (Å²) in [5.74, 6) is 0.856. The van der Waals surface area contributed by atoms with Crippen LogP contribution in [-0.4, -0.2) is 22.3 Å². The first-order valence-electron chi connectivity index (χ1n) is 6.11. The Morgan fingerprint density at radius 1 is 1.61 bits per heavy atom. The van der Waals surface area contributed by atoms with Gasteiger partial charge < -0.3 is 15.0 Å². The fraction of sp³-hybridized carbons (Fsp3) is 0.462. The maximum absolute atomic E-state index is 6.27. The van der Waals surface area contributed by atoms with Gasteiger partial charge in [-0.25, -0.2) is 0 Å². The monoisotopic (exact) mass is 282 g/mol. The summed E-state index contributed by atoms with van der Waals surface area (Å²) in [7, 11) is 0. The summed E-state index contributed by atoms with van der Waals surface area (Å²) in [5, 5.41) is 4.84. The molecule has 1 aromatic carbocycles. The van der Waals surface area contributed by atoms with E-state index in [9.17, 15) is 0 Å². The summed E-state index contributed by atoms with van der Waals surface area (Å²) in [5.41, 5.74) is 0.647. The first kappa shape index (κ1) is 12.1. The quantitative estimate of drug-likeness (QED) is 0.800. The molecule has 2 aliphatic rings. The molecular formula is C13H15ClN2OS. The topological polar surface area (TPSA) is 24.5 Å². The van der Waals surface area contributed by atoms with E-state index in [1.165, 1.54) is 0 Å². The van der Waals surface area contributed by atoms with E-state index in [2.05, 4.69) is 24.1 Å². The Morgan fingerprint density at radius 3 is 3.11 bits per heavy atom. The maximum Gasteiger partial charge on any atom is 0.184 e. The van der Waals surface area contributed by atoms with Gasteiger partial charge in [0, 0.05) is 23.6 Å². The second-order valence-corrected chi connectivity index (χ2v) is 5.67. The first-order chi connectivity index (χ1) is 8.55. The number of halogens is 1. The number of ether oxygens (including phenoxy) is 1. The van der Waals surface area contributed by atoms with Gasteiger partial charge in [0.05, 0.1) is 6.04 Å². The van der Waals surface area contributed by atoms with E-state index in [0.29, 0.717) is 0 Å². The Bertz CT molecular complexity index is 522. The number of hydrogen-bond donors (Lipinski definition) is 1. The summed E-state index contributed by atoms with van der Waals surface area (Å²) in [6, 6.07) is 5.92. The van der Waals surface area contributed by atoms with Crippen molar-refractivity contribution in [2.45, 2.75) is 32.0 Å². The predicted octanol–water partition coefficient (Wildman–Crippen LogP) is 3.09. The minimum atomic E-state index is -0.376. The van der Waals surface area contributed by atoms with Crippen molar-refractivity contribution in [3.63, 3.8) is 0 Å². The van der Waals surface area contributed by atoms with Crippen molar-refractivity contribution >= 4 is 28.9 Å². The minimum Gasteiger partial charge on any atom is -0.468 e. The zero-order valence-corrected chi connectivity index (χ0v) is 11.9. The fourth-order valence-electron chi connectivity index (χ4n) is 2.91. The van der Waals surface area contributed by atoms with Gasteiger partial charge in [0.2, 0.25) is 0 Å². The summed E-state index contributed by atoms with van der Waals surface area (Å²) >= 11 is 11.7. The van der Waals surface area contributed by atoms with Crippen LogP contribution in [0.3, 0.4) is 0 Å². The van der Waals surface area contributed by atoms with Gasteiger partial charge in [-0.05, 0) is 38.2 Å². The largest absolute Gasteiger partial charge is 0.468 e. The molecule has 2 aliphatic heterocycles. The molecule has 1 saturated heterocycles. The number of fused-ring (bicyclic) bond motifs is 4. The lowest BCUT2D eigenvalue weighted by Gasteiger charge is -2.52. The van der Waals surface area contributed by atoms with Crippen molar-refractivity contribution in [1.29, 1.82) is 0 Å². The van der Waals surface area contributed by atoms with E-state index in [0.717, 1.165) is 34.4 Å². The highest BCUT2D eigenvalue weighted by atomic mass is 35.5. The van der Waals surface area contributed by atoms with Crippen LogP contribution in [0.2, 0.25) is 5.02 Å². The number of thiocarbonyl (C=S) groups is 1. The van der Waals surface area contributed by atoms with Crippen LogP contribution < -0.4 is 10.1 Å². The van der Waals surface area contributed by atoms with Gasteiger partial charge in [-0.15, -0.1) is 0 Å². The third-order valence-corrected chi connectivity index (χ3v) is 4.37. The average Bonchev–Trinajstić information content (AvgIpc) is 2.27. The Labute approximate surface area is 117 Å². The van der Waals surface area contributed by atoms with Crippen LogP contribution in [0.4, 0.5) is 0 Å². The van der Waals surface area contributed by atoms with E-state index >= 15 is 0 Å². The van der Waals surface area contributed by atoms with E-state index in [4.69, 9.17) is 28.6 Å². The Morgan fingerprint density at radius 2 is 2.39 bits per heavy atom. The van der Waals surface area contributed by atoms with Gasteiger partial charge in [-0.2, -0.15) is 0 Å². The number of hydrogen-bond acceptors (Lipinski definition) is 2. The average molecular weight is 283 g/mol. The molecule has 5 heteroatoms. The van der Waals surface area contributed by atoms with Crippen molar-refractivity contribution in [1.82, 2.24) is 10.2 Å². The van der Waals surface area contributed by atoms with Crippen LogP contribution in [0.5, 0.6) is 5.75 Å². The molecule has 3 nitrogen and oxygen atoms in total. The SMILES string of the molecule is CCN1C(=S)NC2CC1(C)Oc1cccc(Cl)c12. The minimum absolute atomic E-state index is 0.141. The second-order valence-electron chi connectivity index (χ2n) is 4.88. The fourth-order valence-corrected chi connectivity index (χ4v) is 3.67. The zero-order valence-electron chi connectivity index (χ0n) is 10.4. The van der Waals surface area contributed by atoms with Crippen LogP contribution in [0.25, 0.3) is 0 Å². The standard InChI is InChI=1S/C13H15ClN2OS/c1-3-16-12(18)15-9-7-13(16,2)17-10-6-4-5-8(14)11(9)10/h4-6,9H,3,7H2,1-2H3,(H,15,18). The molecule has 1 aromatic rings. The number of nitrogens with zero attached hydrogens (tertiary/aromatic N) is 1. The van der Waals surface area contributed by atoms with Gasteiger partial charge in [0.1, 0.15) is 5.75 Å². The molecule has 0 radical (unpaired) electrons. The number of nitrogens with one attached hydrogen (secondary N) is 1. The van der Waals surface area contributed by atoms with Crippen molar-refractivity contribution in [2.24, 2.45) is 0 Å². The van der Waals surface area contributed by atoms with Crippen LogP contribution in [-0.2, 0) is 0 Å². The smallest absolute Gasteiger partial charge is 0.184 e. The molecule has 2 unspecified atom stereocenters. The summed E-state index contributed by atoms with van der Waals surface area (Å²) in [6.45, 7) is 4.99. The molecule has 2 heterocycles. The molecule has 1 fully saturated rings. The van der Waals surface area contributed by atoms with Crippen LogP contribution >= 0.6 is 23.8 Å². The molecule has 96 valence electrons. The summed E-state index contributed by atoms with van der Waals surface area (Å²) < 4.78 is 6.16. The molecular weight excluding hydrogens is 268 g/mol. The zero-order chi connectivity index (χ0) is 12.9. The predicted molar refractivity (Wildman–Crippen MR) is 76.0 cm³/mol. The lowest BCUT2D eigenvalue weighted by molar-refractivity contribution is -0.0658. The Kier molecular flexibility index (Phi) is 2.68. The molecule has 0 amide bonds. The maximum atomic E-state index is 6.27. The van der Waals surface area contributed by atoms with E-state index < -0.39 is 0 Å². The molecule has 2 atom stereocenters. The molecule has 0 saturated carbocycles. The van der Waals surface area contributed by atoms with Gasteiger partial charge >= 0.3 is 0 Å². The molecule has 0 aliphatic carbocycles. The highest BCUT2D eigenvalue weighted by molar-refractivity contribution is 7.80. The molecule has 0 spiro atoms. The van der Waals surface area contributed by atoms with Gasteiger partial charge in [-0.1, -0.05) is 17.7 Å². The molecule has 18 heavy (non-hydrogen) atoms. The van der Waals surface area contributed by atoms with Crippen molar-refractivity contribution in [3.05, 3.63) is 28.8 Å². The normalized spacial score (nSPS) is 29.4. The third kappa shape index (κ3) is 1.59. The number of rotatable bonds is 1. The molecule has 3 rings (SSSR count). The van der Waals surface area contributed by atoms with Crippen LogP contribution in [0.1, 0.15) is 31.9 Å². The molecule has 1 N–H and O–H groups in total. The van der Waals surface area contributed by atoms with E-state index in [1.54, 1.807) is 0 Å². The van der Waals surface area contributed by atoms with Gasteiger partial charge in [-0.3, -0.25) is 0 Å².